The monoisotopic (exact) mass is 345 g/mol. The fourth-order valence-corrected chi connectivity index (χ4v) is 2.50. The Kier molecular flexibility index (Phi) is 6.16. The van der Waals surface area contributed by atoms with Gasteiger partial charge in [-0.25, -0.2) is 4.79 Å². The molecule has 7 nitrogen and oxygen atoms in total. The molecule has 0 radical (unpaired) electrons. The van der Waals surface area contributed by atoms with Gasteiger partial charge in [0, 0.05) is 7.05 Å². The van der Waals surface area contributed by atoms with Crippen molar-refractivity contribution in [2.24, 2.45) is 7.05 Å². The molecule has 2 rings (SSSR count). The van der Waals surface area contributed by atoms with Crippen LogP contribution in [-0.2, 0) is 23.0 Å². The minimum absolute atomic E-state index is 0.163. The summed E-state index contributed by atoms with van der Waals surface area (Å²) < 4.78 is 12.1. The molecule has 7 heteroatoms. The van der Waals surface area contributed by atoms with Crippen molar-refractivity contribution >= 4 is 17.7 Å². The molecule has 0 aliphatic carbocycles. The van der Waals surface area contributed by atoms with Crippen molar-refractivity contribution in [2.45, 2.75) is 27.2 Å². The van der Waals surface area contributed by atoms with Crippen molar-refractivity contribution in [2.75, 3.05) is 18.5 Å². The van der Waals surface area contributed by atoms with E-state index in [-0.39, 0.29) is 24.7 Å². The summed E-state index contributed by atoms with van der Waals surface area (Å²) in [5.74, 6) is 0.0837. The highest BCUT2D eigenvalue weighted by molar-refractivity contribution is 6.01. The van der Waals surface area contributed by atoms with Crippen LogP contribution in [-0.4, -0.2) is 34.9 Å². The number of esters is 1. The number of hydrogen-bond donors (Lipinski definition) is 1. The lowest BCUT2D eigenvalue weighted by Gasteiger charge is -2.11. The minimum atomic E-state index is -0.513. The third-order valence-corrected chi connectivity index (χ3v) is 3.67. The lowest BCUT2D eigenvalue weighted by molar-refractivity contribution is -0.118. The number of carbonyl (C=O) groups excluding carboxylic acids is 2. The van der Waals surface area contributed by atoms with E-state index in [1.54, 1.807) is 20.9 Å². The van der Waals surface area contributed by atoms with E-state index in [9.17, 15) is 9.59 Å². The van der Waals surface area contributed by atoms with Crippen molar-refractivity contribution < 1.29 is 19.1 Å². The molecule has 0 bridgehead atoms. The topological polar surface area (TPSA) is 82.5 Å². The highest BCUT2D eigenvalue weighted by Gasteiger charge is 2.23. The lowest BCUT2D eigenvalue weighted by atomic mass is 10.1. The van der Waals surface area contributed by atoms with Gasteiger partial charge in [-0.05, 0) is 31.9 Å². The van der Waals surface area contributed by atoms with Crippen LogP contribution in [0.4, 0.5) is 5.82 Å². The number of amides is 1. The summed E-state index contributed by atoms with van der Waals surface area (Å²) in [6.45, 7) is 5.52. The first-order valence-electron chi connectivity index (χ1n) is 8.19. The molecule has 134 valence electrons. The van der Waals surface area contributed by atoms with Crippen LogP contribution in [0.25, 0.3) is 0 Å². The fourth-order valence-electron chi connectivity index (χ4n) is 2.50. The quantitative estimate of drug-likeness (QED) is 0.780. The number of hydrogen-bond acceptors (Lipinski definition) is 5. The van der Waals surface area contributed by atoms with E-state index >= 15 is 0 Å². The second kappa shape index (κ2) is 8.32. The SMILES string of the molecule is CCOC(=O)c1c(C)nn(C)c1NC(=O)COc1ccccc1CC. The molecule has 0 aliphatic heterocycles. The Morgan fingerprint density at radius 2 is 1.96 bits per heavy atom. The molecule has 25 heavy (non-hydrogen) atoms. The van der Waals surface area contributed by atoms with Crippen molar-refractivity contribution in [1.29, 1.82) is 0 Å². The van der Waals surface area contributed by atoms with Gasteiger partial charge >= 0.3 is 5.97 Å². The maximum Gasteiger partial charge on any atom is 0.343 e. The van der Waals surface area contributed by atoms with Crippen molar-refractivity contribution in [3.05, 3.63) is 41.1 Å². The molecular weight excluding hydrogens is 322 g/mol. The second-order valence-corrected chi connectivity index (χ2v) is 5.45. The Hall–Kier alpha value is -2.83. The number of aromatic nitrogens is 2. The first-order valence-corrected chi connectivity index (χ1v) is 8.19. The molecule has 1 heterocycles. The zero-order valence-electron chi connectivity index (χ0n) is 15.0. The summed E-state index contributed by atoms with van der Waals surface area (Å²) in [6.07, 6.45) is 0.811. The Morgan fingerprint density at radius 1 is 1.24 bits per heavy atom. The first kappa shape index (κ1) is 18.5. The third kappa shape index (κ3) is 4.37. The number of carbonyl (C=O) groups is 2. The van der Waals surface area contributed by atoms with Gasteiger partial charge < -0.3 is 14.8 Å². The van der Waals surface area contributed by atoms with Crippen LogP contribution in [0.15, 0.2) is 24.3 Å². The molecule has 1 aromatic carbocycles. The summed E-state index contributed by atoms with van der Waals surface area (Å²) in [7, 11) is 1.65. The van der Waals surface area contributed by atoms with Gasteiger partial charge in [-0.2, -0.15) is 5.10 Å². The van der Waals surface area contributed by atoms with Crippen LogP contribution in [0.3, 0.4) is 0 Å². The summed E-state index contributed by atoms with van der Waals surface area (Å²) in [6, 6.07) is 7.56. The number of rotatable bonds is 7. The highest BCUT2D eigenvalue weighted by atomic mass is 16.5. The Morgan fingerprint density at radius 3 is 2.64 bits per heavy atom. The third-order valence-electron chi connectivity index (χ3n) is 3.67. The molecule has 1 amide bonds. The molecule has 1 N–H and O–H groups in total. The predicted octanol–water partition coefficient (Wildman–Crippen LogP) is 2.49. The largest absolute Gasteiger partial charge is 0.483 e. The summed E-state index contributed by atoms with van der Waals surface area (Å²) in [5, 5.41) is 6.86. The Labute approximate surface area is 146 Å². The summed E-state index contributed by atoms with van der Waals surface area (Å²) >= 11 is 0. The minimum Gasteiger partial charge on any atom is -0.483 e. The highest BCUT2D eigenvalue weighted by Crippen LogP contribution is 2.21. The van der Waals surface area contributed by atoms with E-state index in [1.807, 2.05) is 31.2 Å². The van der Waals surface area contributed by atoms with E-state index < -0.39 is 5.97 Å². The lowest BCUT2D eigenvalue weighted by Crippen LogP contribution is -2.23. The second-order valence-electron chi connectivity index (χ2n) is 5.45. The van der Waals surface area contributed by atoms with Crippen LogP contribution in [0.1, 0.15) is 35.5 Å². The van der Waals surface area contributed by atoms with E-state index in [1.165, 1.54) is 4.68 Å². The number of nitrogens with zero attached hydrogens (tertiary/aromatic N) is 2. The van der Waals surface area contributed by atoms with Crippen LogP contribution in [0.5, 0.6) is 5.75 Å². The molecule has 0 spiro atoms. The number of benzene rings is 1. The summed E-state index contributed by atoms with van der Waals surface area (Å²) in [4.78, 5) is 24.3. The molecule has 0 saturated carbocycles. The molecule has 0 fully saturated rings. The predicted molar refractivity (Wildman–Crippen MR) is 93.8 cm³/mol. The Bertz CT molecular complexity index is 768. The van der Waals surface area contributed by atoms with Gasteiger partial charge in [0.15, 0.2) is 6.61 Å². The van der Waals surface area contributed by atoms with Crippen LogP contribution >= 0.6 is 0 Å². The maximum absolute atomic E-state index is 12.3. The van der Waals surface area contributed by atoms with Gasteiger partial charge in [0.05, 0.1) is 12.3 Å². The van der Waals surface area contributed by atoms with Crippen LogP contribution in [0, 0.1) is 6.92 Å². The molecule has 0 atom stereocenters. The van der Waals surface area contributed by atoms with Crippen LogP contribution < -0.4 is 10.1 Å². The number of para-hydroxylation sites is 1. The molecule has 2 aromatic rings. The van der Waals surface area contributed by atoms with E-state index in [4.69, 9.17) is 9.47 Å². The summed E-state index contributed by atoms with van der Waals surface area (Å²) in [5.41, 5.74) is 1.78. The van der Waals surface area contributed by atoms with Gasteiger partial charge in [-0.3, -0.25) is 9.48 Å². The molecule has 0 unspecified atom stereocenters. The van der Waals surface area contributed by atoms with Gasteiger partial charge in [0.2, 0.25) is 0 Å². The number of nitrogens with one attached hydrogen (secondary N) is 1. The molecular formula is C18H23N3O4. The normalized spacial score (nSPS) is 10.4. The maximum atomic E-state index is 12.3. The smallest absolute Gasteiger partial charge is 0.343 e. The molecule has 1 aromatic heterocycles. The van der Waals surface area contributed by atoms with Gasteiger partial charge in [-0.1, -0.05) is 25.1 Å². The number of aryl methyl sites for hydroxylation is 3. The van der Waals surface area contributed by atoms with Crippen molar-refractivity contribution in [3.8, 4) is 5.75 Å². The van der Waals surface area contributed by atoms with Gasteiger partial charge in [0.1, 0.15) is 17.1 Å². The van der Waals surface area contributed by atoms with Crippen LogP contribution in [0.2, 0.25) is 0 Å². The van der Waals surface area contributed by atoms with Crippen molar-refractivity contribution in [1.82, 2.24) is 9.78 Å². The molecule has 0 aliphatic rings. The average molecular weight is 345 g/mol. The van der Waals surface area contributed by atoms with E-state index in [0.717, 1.165) is 12.0 Å². The zero-order valence-corrected chi connectivity index (χ0v) is 15.0. The van der Waals surface area contributed by atoms with Gasteiger partial charge in [-0.15, -0.1) is 0 Å². The number of ether oxygens (including phenoxy) is 2. The fraction of sp³-hybridized carbons (Fsp3) is 0.389. The van der Waals surface area contributed by atoms with Crippen molar-refractivity contribution in [3.63, 3.8) is 0 Å². The number of anilines is 1. The first-order chi connectivity index (χ1) is 12.0. The molecule has 0 saturated heterocycles. The average Bonchev–Trinajstić information content (AvgIpc) is 2.87. The van der Waals surface area contributed by atoms with Gasteiger partial charge in [0.25, 0.3) is 5.91 Å². The van der Waals surface area contributed by atoms with E-state index in [2.05, 4.69) is 10.4 Å². The standard InChI is InChI=1S/C18H23N3O4/c1-5-13-9-7-8-10-14(13)25-11-15(22)19-17-16(18(23)24-6-2)12(3)20-21(17)4/h7-10H,5-6,11H2,1-4H3,(H,19,22). The Balaban J connectivity index is 2.09. The van der Waals surface area contributed by atoms with E-state index in [0.29, 0.717) is 17.3 Å². The zero-order chi connectivity index (χ0) is 18.4.